The highest BCUT2D eigenvalue weighted by atomic mass is 32.1. The summed E-state index contributed by atoms with van der Waals surface area (Å²) in [6.07, 6.45) is 0. The number of aromatic nitrogens is 2. The van der Waals surface area contributed by atoms with Gasteiger partial charge in [0.15, 0.2) is 5.82 Å². The number of nitrogens with zero attached hydrogens (tertiary/aromatic N) is 4. The molecule has 0 atom stereocenters. The average Bonchev–Trinajstić information content (AvgIpc) is 3.07. The minimum Gasteiger partial charge on any atom is -0.377 e. The third-order valence-electron chi connectivity index (χ3n) is 3.89. The van der Waals surface area contributed by atoms with E-state index in [0.717, 1.165) is 31.3 Å². The number of piperazine rings is 1. The van der Waals surface area contributed by atoms with Gasteiger partial charge in [0, 0.05) is 44.8 Å². The van der Waals surface area contributed by atoms with E-state index in [9.17, 15) is 9.18 Å². The summed E-state index contributed by atoms with van der Waals surface area (Å²) in [7, 11) is 1.62. The maximum Gasteiger partial charge on any atom is 0.238 e. The molecule has 1 amide bonds. The Morgan fingerprint density at radius 2 is 2.08 bits per heavy atom. The summed E-state index contributed by atoms with van der Waals surface area (Å²) < 4.78 is 22.9. The standard InChI is InChI=1S/C16H20FN5O2S/c1-24-11-14-19-16(25-20-14)22-8-6-21(7-9-22)10-15(23)18-13-5-3-2-4-12(13)17/h2-5H,6-11H2,1H3,(H,18,23). The number of carbonyl (C=O) groups is 1. The molecule has 25 heavy (non-hydrogen) atoms. The van der Waals surface area contributed by atoms with Gasteiger partial charge in [-0.05, 0) is 12.1 Å². The number of para-hydroxylation sites is 1. The number of halogens is 1. The van der Waals surface area contributed by atoms with Crippen molar-refractivity contribution in [1.82, 2.24) is 14.3 Å². The van der Waals surface area contributed by atoms with E-state index in [1.807, 2.05) is 4.90 Å². The molecule has 7 nitrogen and oxygen atoms in total. The van der Waals surface area contributed by atoms with E-state index in [1.165, 1.54) is 17.6 Å². The molecule has 0 spiro atoms. The van der Waals surface area contributed by atoms with Crippen LogP contribution in [0.25, 0.3) is 0 Å². The molecular formula is C16H20FN5O2S. The zero-order valence-electron chi connectivity index (χ0n) is 13.9. The number of hydrogen-bond acceptors (Lipinski definition) is 7. The fourth-order valence-corrected chi connectivity index (χ4v) is 3.34. The van der Waals surface area contributed by atoms with Crippen LogP contribution in [0.4, 0.5) is 15.2 Å². The molecule has 1 aliphatic rings. The van der Waals surface area contributed by atoms with Crippen LogP contribution in [0.2, 0.25) is 0 Å². The molecule has 0 saturated carbocycles. The zero-order valence-corrected chi connectivity index (χ0v) is 14.8. The smallest absolute Gasteiger partial charge is 0.238 e. The van der Waals surface area contributed by atoms with Crippen molar-refractivity contribution in [3.63, 3.8) is 0 Å². The molecule has 0 radical (unpaired) electrons. The zero-order chi connectivity index (χ0) is 17.6. The van der Waals surface area contributed by atoms with Crippen LogP contribution < -0.4 is 10.2 Å². The summed E-state index contributed by atoms with van der Waals surface area (Å²) in [4.78, 5) is 20.7. The molecule has 1 saturated heterocycles. The third-order valence-corrected chi connectivity index (χ3v) is 4.70. The predicted octanol–water partition coefficient (Wildman–Crippen LogP) is 1.58. The maximum absolute atomic E-state index is 13.6. The SMILES string of the molecule is COCc1nsc(N2CCN(CC(=O)Nc3ccccc3F)CC2)n1. The molecule has 1 aromatic heterocycles. The van der Waals surface area contributed by atoms with Gasteiger partial charge in [0.1, 0.15) is 12.4 Å². The molecule has 2 aromatic rings. The molecule has 1 aliphatic heterocycles. The number of rotatable bonds is 6. The molecule has 2 heterocycles. The highest BCUT2D eigenvalue weighted by molar-refractivity contribution is 7.09. The van der Waals surface area contributed by atoms with Crippen LogP contribution in [0.1, 0.15) is 5.82 Å². The summed E-state index contributed by atoms with van der Waals surface area (Å²) in [5, 5.41) is 3.49. The Bertz CT molecular complexity index is 718. The monoisotopic (exact) mass is 365 g/mol. The summed E-state index contributed by atoms with van der Waals surface area (Å²) in [5.41, 5.74) is 0.214. The lowest BCUT2D eigenvalue weighted by Crippen LogP contribution is -2.48. The highest BCUT2D eigenvalue weighted by Gasteiger charge is 2.21. The van der Waals surface area contributed by atoms with E-state index in [0.29, 0.717) is 12.4 Å². The number of amides is 1. The van der Waals surface area contributed by atoms with Crippen LogP contribution in [0.3, 0.4) is 0 Å². The van der Waals surface area contributed by atoms with Crippen molar-refractivity contribution in [2.75, 3.05) is 50.1 Å². The fraction of sp³-hybridized carbons (Fsp3) is 0.438. The lowest BCUT2D eigenvalue weighted by atomic mass is 10.3. The number of methoxy groups -OCH3 is 1. The van der Waals surface area contributed by atoms with E-state index in [4.69, 9.17) is 4.74 Å². The van der Waals surface area contributed by atoms with Crippen molar-refractivity contribution in [3.8, 4) is 0 Å². The van der Waals surface area contributed by atoms with Gasteiger partial charge in [-0.25, -0.2) is 9.37 Å². The number of ether oxygens (including phenoxy) is 1. The third kappa shape index (κ3) is 4.71. The second-order valence-corrected chi connectivity index (χ2v) is 6.45. The van der Waals surface area contributed by atoms with E-state index in [2.05, 4.69) is 19.6 Å². The van der Waals surface area contributed by atoms with Gasteiger partial charge < -0.3 is 15.0 Å². The van der Waals surface area contributed by atoms with Crippen molar-refractivity contribution in [3.05, 3.63) is 35.9 Å². The summed E-state index contributed by atoms with van der Waals surface area (Å²) >= 11 is 1.36. The Labute approximate surface area is 149 Å². The number of benzene rings is 1. The van der Waals surface area contributed by atoms with Gasteiger partial charge in [-0.1, -0.05) is 12.1 Å². The molecule has 134 valence electrons. The first-order valence-corrected chi connectivity index (χ1v) is 8.76. The van der Waals surface area contributed by atoms with E-state index < -0.39 is 5.82 Å². The van der Waals surface area contributed by atoms with Crippen LogP contribution in [0, 0.1) is 5.82 Å². The van der Waals surface area contributed by atoms with Gasteiger partial charge in [-0.15, -0.1) is 0 Å². The number of carbonyl (C=O) groups excluding carboxylic acids is 1. The Balaban J connectivity index is 1.47. The average molecular weight is 365 g/mol. The molecule has 1 N–H and O–H groups in total. The molecule has 1 fully saturated rings. The Morgan fingerprint density at radius 1 is 1.32 bits per heavy atom. The van der Waals surface area contributed by atoms with E-state index >= 15 is 0 Å². The first kappa shape index (κ1) is 17.7. The summed E-state index contributed by atoms with van der Waals surface area (Å²) in [5.74, 6) is 0.0508. The Hall–Kier alpha value is -2.10. The lowest BCUT2D eigenvalue weighted by Gasteiger charge is -2.33. The second-order valence-electron chi connectivity index (χ2n) is 5.72. The minimum absolute atomic E-state index is 0.211. The molecule has 0 bridgehead atoms. The van der Waals surface area contributed by atoms with Crippen molar-refractivity contribution >= 4 is 28.3 Å². The Morgan fingerprint density at radius 3 is 2.80 bits per heavy atom. The largest absolute Gasteiger partial charge is 0.377 e. The maximum atomic E-state index is 13.6. The molecule has 9 heteroatoms. The second kappa shape index (κ2) is 8.32. The van der Waals surface area contributed by atoms with Crippen LogP contribution in [-0.2, 0) is 16.1 Å². The van der Waals surface area contributed by atoms with Crippen LogP contribution in [0.15, 0.2) is 24.3 Å². The number of anilines is 2. The summed E-state index contributed by atoms with van der Waals surface area (Å²) in [6, 6.07) is 6.17. The van der Waals surface area contributed by atoms with Crippen molar-refractivity contribution in [1.29, 1.82) is 0 Å². The van der Waals surface area contributed by atoms with Gasteiger partial charge in [-0.3, -0.25) is 9.69 Å². The Kier molecular flexibility index (Phi) is 5.90. The molecule has 0 aliphatic carbocycles. The quantitative estimate of drug-likeness (QED) is 0.838. The van der Waals surface area contributed by atoms with Crippen molar-refractivity contribution in [2.45, 2.75) is 6.61 Å². The predicted molar refractivity (Wildman–Crippen MR) is 94.3 cm³/mol. The molecule has 3 rings (SSSR count). The van der Waals surface area contributed by atoms with Crippen molar-refractivity contribution in [2.24, 2.45) is 0 Å². The number of nitrogens with one attached hydrogen (secondary N) is 1. The van der Waals surface area contributed by atoms with Gasteiger partial charge in [0.25, 0.3) is 0 Å². The van der Waals surface area contributed by atoms with Gasteiger partial charge in [0.05, 0.1) is 12.2 Å². The summed E-state index contributed by atoms with van der Waals surface area (Å²) in [6.45, 7) is 3.68. The highest BCUT2D eigenvalue weighted by Crippen LogP contribution is 2.19. The van der Waals surface area contributed by atoms with E-state index in [-0.39, 0.29) is 18.1 Å². The fourth-order valence-electron chi connectivity index (χ4n) is 2.61. The van der Waals surface area contributed by atoms with E-state index in [1.54, 1.807) is 25.3 Å². The van der Waals surface area contributed by atoms with Crippen LogP contribution in [-0.4, -0.2) is 60.0 Å². The first-order chi connectivity index (χ1) is 12.2. The minimum atomic E-state index is -0.427. The molecular weight excluding hydrogens is 345 g/mol. The normalized spacial score (nSPS) is 15.4. The van der Waals surface area contributed by atoms with Gasteiger partial charge in [0.2, 0.25) is 11.0 Å². The van der Waals surface area contributed by atoms with Gasteiger partial charge in [-0.2, -0.15) is 4.37 Å². The van der Waals surface area contributed by atoms with Gasteiger partial charge >= 0.3 is 0 Å². The van der Waals surface area contributed by atoms with Crippen molar-refractivity contribution < 1.29 is 13.9 Å². The number of hydrogen-bond donors (Lipinski definition) is 1. The lowest BCUT2D eigenvalue weighted by molar-refractivity contribution is -0.117. The van der Waals surface area contributed by atoms with Crippen LogP contribution >= 0.6 is 11.5 Å². The first-order valence-electron chi connectivity index (χ1n) is 7.99. The molecule has 0 unspecified atom stereocenters. The topological polar surface area (TPSA) is 70.6 Å². The van der Waals surface area contributed by atoms with Crippen LogP contribution in [0.5, 0.6) is 0 Å². The molecule has 1 aromatic carbocycles.